The predicted molar refractivity (Wildman–Crippen MR) is 77.3 cm³/mol. The average Bonchev–Trinajstić information content (AvgIpc) is 2.84. The highest BCUT2D eigenvalue weighted by Crippen LogP contribution is 2.13. The molecule has 102 valence electrons. The molecule has 2 N–H and O–H groups in total. The van der Waals surface area contributed by atoms with Crippen LogP contribution in [0.3, 0.4) is 0 Å². The van der Waals surface area contributed by atoms with Crippen LogP contribution in [-0.4, -0.2) is 19.3 Å². The van der Waals surface area contributed by atoms with Crippen molar-refractivity contribution in [1.29, 1.82) is 0 Å². The lowest BCUT2D eigenvalue weighted by Crippen LogP contribution is -2.24. The van der Waals surface area contributed by atoms with Crippen LogP contribution < -0.4 is 11.3 Å². The summed E-state index contributed by atoms with van der Waals surface area (Å²) in [7, 11) is 1.88. The van der Waals surface area contributed by atoms with E-state index in [4.69, 9.17) is 5.73 Å². The number of anilines is 1. The number of nitrogen functional groups attached to an aromatic ring is 1. The Balaban J connectivity index is 1.99. The topological polar surface area (TPSA) is 78.7 Å². The van der Waals surface area contributed by atoms with Crippen LogP contribution in [0.2, 0.25) is 0 Å². The smallest absolute Gasteiger partial charge is 0.259 e. The van der Waals surface area contributed by atoms with E-state index in [-0.39, 0.29) is 5.56 Å². The molecule has 20 heavy (non-hydrogen) atoms. The van der Waals surface area contributed by atoms with Crippen molar-refractivity contribution >= 4 is 16.6 Å². The second kappa shape index (κ2) is 4.80. The van der Waals surface area contributed by atoms with Gasteiger partial charge in [0.05, 0.1) is 0 Å². The van der Waals surface area contributed by atoms with Gasteiger partial charge >= 0.3 is 0 Å². The van der Waals surface area contributed by atoms with Crippen molar-refractivity contribution in [2.24, 2.45) is 7.05 Å². The lowest BCUT2D eigenvalue weighted by molar-refractivity contribution is 0.641. The van der Waals surface area contributed by atoms with E-state index in [0.717, 1.165) is 11.2 Å². The first-order valence-corrected chi connectivity index (χ1v) is 6.38. The van der Waals surface area contributed by atoms with Crippen molar-refractivity contribution in [3.63, 3.8) is 0 Å². The summed E-state index contributed by atoms with van der Waals surface area (Å²) in [5.41, 5.74) is 5.92. The molecule has 0 amide bonds. The molecule has 0 saturated carbocycles. The Bertz CT molecular complexity index is 818. The summed E-state index contributed by atoms with van der Waals surface area (Å²) in [5, 5.41) is 9.38. The maximum atomic E-state index is 12.4. The van der Waals surface area contributed by atoms with E-state index in [9.17, 15) is 4.79 Å². The van der Waals surface area contributed by atoms with Gasteiger partial charge in [-0.05, 0) is 17.5 Å². The van der Waals surface area contributed by atoms with Crippen LogP contribution in [0.5, 0.6) is 0 Å². The second-order valence-corrected chi connectivity index (χ2v) is 4.72. The molecule has 3 aromatic rings. The summed E-state index contributed by atoms with van der Waals surface area (Å²) < 4.78 is 3.42. The minimum Gasteiger partial charge on any atom is -0.385 e. The summed E-state index contributed by atoms with van der Waals surface area (Å²) in [4.78, 5) is 12.4. The molecule has 0 aliphatic carbocycles. The summed E-state index contributed by atoms with van der Waals surface area (Å²) in [5.74, 6) is 1.29. The zero-order valence-corrected chi connectivity index (χ0v) is 11.2. The summed E-state index contributed by atoms with van der Waals surface area (Å²) >= 11 is 0. The Kier molecular flexibility index (Phi) is 2.98. The molecule has 2 aromatic heterocycles. The molecule has 0 bridgehead atoms. The lowest BCUT2D eigenvalue weighted by atomic mass is 10.1. The third-order valence-corrected chi connectivity index (χ3v) is 3.42. The maximum absolute atomic E-state index is 12.4. The molecule has 6 heteroatoms. The van der Waals surface area contributed by atoms with Crippen molar-refractivity contribution in [1.82, 2.24) is 19.3 Å². The highest BCUT2D eigenvalue weighted by molar-refractivity contribution is 5.83. The molecule has 0 aliphatic heterocycles. The maximum Gasteiger partial charge on any atom is 0.259 e. The molecule has 0 unspecified atom stereocenters. The van der Waals surface area contributed by atoms with E-state index in [1.807, 2.05) is 41.9 Å². The number of rotatable bonds is 3. The SMILES string of the molecule is Cn1cnnc1CCn1c(N)cc2ccccc2c1=O. The molecule has 0 spiro atoms. The van der Waals surface area contributed by atoms with Gasteiger partial charge in [0.2, 0.25) is 0 Å². The summed E-state index contributed by atoms with van der Waals surface area (Å²) in [6.07, 6.45) is 2.25. The van der Waals surface area contributed by atoms with Gasteiger partial charge in [-0.25, -0.2) is 0 Å². The van der Waals surface area contributed by atoms with E-state index in [1.165, 1.54) is 0 Å². The van der Waals surface area contributed by atoms with Crippen LogP contribution in [0.15, 0.2) is 41.5 Å². The zero-order chi connectivity index (χ0) is 14.1. The first-order valence-electron chi connectivity index (χ1n) is 6.38. The van der Waals surface area contributed by atoms with Crippen LogP contribution >= 0.6 is 0 Å². The van der Waals surface area contributed by atoms with E-state index >= 15 is 0 Å². The minimum atomic E-state index is -0.0669. The van der Waals surface area contributed by atoms with Crippen molar-refractivity contribution in [2.45, 2.75) is 13.0 Å². The van der Waals surface area contributed by atoms with Gasteiger partial charge in [0, 0.05) is 25.4 Å². The Morgan fingerprint density at radius 3 is 2.85 bits per heavy atom. The first-order chi connectivity index (χ1) is 9.66. The van der Waals surface area contributed by atoms with E-state index < -0.39 is 0 Å². The zero-order valence-electron chi connectivity index (χ0n) is 11.2. The van der Waals surface area contributed by atoms with Crippen molar-refractivity contribution in [2.75, 3.05) is 5.73 Å². The highest BCUT2D eigenvalue weighted by atomic mass is 16.1. The van der Waals surface area contributed by atoms with E-state index in [2.05, 4.69) is 10.2 Å². The van der Waals surface area contributed by atoms with Crippen LogP contribution in [0, 0.1) is 0 Å². The number of aryl methyl sites for hydroxylation is 2. The third-order valence-electron chi connectivity index (χ3n) is 3.42. The minimum absolute atomic E-state index is 0.0669. The van der Waals surface area contributed by atoms with Gasteiger partial charge in [0.15, 0.2) is 0 Å². The summed E-state index contributed by atoms with van der Waals surface area (Å²) in [6, 6.07) is 9.28. The molecule has 0 atom stereocenters. The molecule has 6 nitrogen and oxygen atoms in total. The molecule has 2 heterocycles. The quantitative estimate of drug-likeness (QED) is 0.768. The number of nitrogens with two attached hydrogens (primary N) is 1. The molecular weight excluding hydrogens is 254 g/mol. The van der Waals surface area contributed by atoms with Gasteiger partial charge < -0.3 is 10.3 Å². The number of hydrogen-bond donors (Lipinski definition) is 1. The fourth-order valence-corrected chi connectivity index (χ4v) is 2.29. The number of pyridine rings is 1. The monoisotopic (exact) mass is 269 g/mol. The van der Waals surface area contributed by atoms with Gasteiger partial charge in [0.25, 0.3) is 5.56 Å². The predicted octanol–water partition coefficient (Wildman–Crippen LogP) is 0.955. The number of fused-ring (bicyclic) bond motifs is 1. The number of aromatic nitrogens is 4. The lowest BCUT2D eigenvalue weighted by Gasteiger charge is -2.10. The van der Waals surface area contributed by atoms with Crippen molar-refractivity contribution < 1.29 is 0 Å². The number of nitrogens with zero attached hydrogens (tertiary/aromatic N) is 4. The first kappa shape index (κ1) is 12.4. The van der Waals surface area contributed by atoms with E-state index in [0.29, 0.717) is 24.2 Å². The standard InChI is InChI=1S/C14H15N5O/c1-18-9-16-17-13(18)6-7-19-12(15)8-10-4-2-3-5-11(10)14(19)20/h2-5,8-9H,6-7,15H2,1H3. The molecule has 0 fully saturated rings. The largest absolute Gasteiger partial charge is 0.385 e. The van der Waals surface area contributed by atoms with Crippen LogP contribution in [0.1, 0.15) is 5.82 Å². The van der Waals surface area contributed by atoms with Crippen LogP contribution in [-0.2, 0) is 20.0 Å². The molecule has 0 aliphatic rings. The van der Waals surface area contributed by atoms with Gasteiger partial charge in [-0.1, -0.05) is 18.2 Å². The van der Waals surface area contributed by atoms with Gasteiger partial charge in [-0.2, -0.15) is 0 Å². The normalized spacial score (nSPS) is 11.1. The fraction of sp³-hybridized carbons (Fsp3) is 0.214. The Morgan fingerprint density at radius 1 is 1.30 bits per heavy atom. The molecule has 3 rings (SSSR count). The van der Waals surface area contributed by atoms with Crippen molar-refractivity contribution in [3.8, 4) is 0 Å². The second-order valence-electron chi connectivity index (χ2n) is 4.72. The fourth-order valence-electron chi connectivity index (χ4n) is 2.29. The molecule has 0 saturated heterocycles. The average molecular weight is 269 g/mol. The Morgan fingerprint density at radius 2 is 2.10 bits per heavy atom. The van der Waals surface area contributed by atoms with Crippen LogP contribution in [0.4, 0.5) is 5.82 Å². The Labute approximate surface area is 115 Å². The van der Waals surface area contributed by atoms with Crippen LogP contribution in [0.25, 0.3) is 10.8 Å². The van der Waals surface area contributed by atoms with E-state index in [1.54, 1.807) is 10.9 Å². The van der Waals surface area contributed by atoms with Gasteiger partial charge in [-0.15, -0.1) is 10.2 Å². The number of hydrogen-bond acceptors (Lipinski definition) is 4. The van der Waals surface area contributed by atoms with Crippen molar-refractivity contribution in [3.05, 3.63) is 52.8 Å². The number of benzene rings is 1. The highest BCUT2D eigenvalue weighted by Gasteiger charge is 2.08. The third kappa shape index (κ3) is 2.05. The molecule has 0 radical (unpaired) electrons. The van der Waals surface area contributed by atoms with Gasteiger partial charge in [0.1, 0.15) is 18.0 Å². The molecule has 1 aromatic carbocycles. The van der Waals surface area contributed by atoms with Gasteiger partial charge in [-0.3, -0.25) is 9.36 Å². The summed E-state index contributed by atoms with van der Waals surface area (Å²) in [6.45, 7) is 0.488. The Hall–Kier alpha value is -2.63. The molecular formula is C14H15N5O.